The van der Waals surface area contributed by atoms with Crippen molar-refractivity contribution in [2.45, 2.75) is 0 Å². The van der Waals surface area contributed by atoms with Gasteiger partial charge in [-0.15, -0.1) is 6.07 Å². The van der Waals surface area contributed by atoms with Gasteiger partial charge in [0, 0.05) is 32.7 Å². The zero-order valence-electron chi connectivity index (χ0n) is 5.74. The first kappa shape index (κ1) is 10.6. The van der Waals surface area contributed by atoms with Gasteiger partial charge in [0.25, 0.3) is 5.97 Å². The molecule has 0 aliphatic heterocycles. The molecule has 0 heterocycles. The number of nitrogen functional groups attached to an aromatic ring is 1. The van der Waals surface area contributed by atoms with Crippen molar-refractivity contribution in [3.63, 3.8) is 0 Å². The van der Waals surface area contributed by atoms with E-state index in [1.54, 1.807) is 6.07 Å². The Morgan fingerprint density at radius 1 is 1.64 bits per heavy atom. The van der Waals surface area contributed by atoms with Crippen LogP contribution in [0.25, 0.3) is 0 Å². The summed E-state index contributed by atoms with van der Waals surface area (Å²) in [5, 5.41) is 8.47. The Balaban J connectivity index is 0.000001000. The second kappa shape index (κ2) is 4.47. The fourth-order valence-electron chi connectivity index (χ4n) is 0.628. The standard InChI is InChI=1S/C7H6NO2.Y/c8-6-4-2-1-3-5(6)7(9)10;/h2-4H,8H2,(H,9,10);/q-1;. The molecule has 1 rings (SSSR count). The molecule has 0 aromatic heterocycles. The van der Waals surface area contributed by atoms with Gasteiger partial charge in [0.05, 0.1) is 0 Å². The molecule has 0 saturated heterocycles. The number of aromatic carboxylic acids is 1. The van der Waals surface area contributed by atoms with Crippen LogP contribution in [0, 0.1) is 6.07 Å². The number of anilines is 1. The van der Waals surface area contributed by atoms with Crippen LogP contribution in [-0.2, 0) is 32.7 Å². The van der Waals surface area contributed by atoms with Crippen LogP contribution in [-0.4, -0.2) is 11.1 Å². The van der Waals surface area contributed by atoms with E-state index in [2.05, 4.69) is 6.07 Å². The summed E-state index contributed by atoms with van der Waals surface area (Å²) in [6, 6.07) is 7.04. The summed E-state index contributed by atoms with van der Waals surface area (Å²) in [4.78, 5) is 10.3. The van der Waals surface area contributed by atoms with Crippen molar-refractivity contribution in [2.75, 3.05) is 5.73 Å². The van der Waals surface area contributed by atoms with E-state index in [9.17, 15) is 4.79 Å². The third-order valence-corrected chi connectivity index (χ3v) is 1.13. The summed E-state index contributed by atoms with van der Waals surface area (Å²) in [7, 11) is 0. The number of carboxylic acid groups (broad SMARTS) is 1. The van der Waals surface area contributed by atoms with E-state index in [1.807, 2.05) is 0 Å². The monoisotopic (exact) mass is 225 g/mol. The van der Waals surface area contributed by atoms with Crippen molar-refractivity contribution in [3.05, 3.63) is 29.8 Å². The molecule has 0 aliphatic rings. The van der Waals surface area contributed by atoms with Gasteiger partial charge in [0.15, 0.2) is 0 Å². The van der Waals surface area contributed by atoms with Crippen molar-refractivity contribution in [3.8, 4) is 0 Å². The zero-order valence-corrected chi connectivity index (χ0v) is 8.58. The van der Waals surface area contributed by atoms with E-state index in [0.717, 1.165) is 0 Å². The minimum atomic E-state index is -1.02. The van der Waals surface area contributed by atoms with Crippen LogP contribution in [0.4, 0.5) is 5.69 Å². The summed E-state index contributed by atoms with van der Waals surface area (Å²) < 4.78 is 0. The van der Waals surface area contributed by atoms with Crippen molar-refractivity contribution in [1.82, 2.24) is 0 Å². The summed E-state index contributed by atoms with van der Waals surface area (Å²) in [5.41, 5.74) is 5.69. The molecule has 11 heavy (non-hydrogen) atoms. The van der Waals surface area contributed by atoms with Crippen LogP contribution in [0.1, 0.15) is 10.4 Å². The Hall–Kier alpha value is -0.406. The predicted octanol–water partition coefficient (Wildman–Crippen LogP) is 0.765. The van der Waals surface area contributed by atoms with Gasteiger partial charge < -0.3 is 10.8 Å². The molecule has 1 aromatic carbocycles. The van der Waals surface area contributed by atoms with Gasteiger partial charge in [-0.1, -0.05) is 5.69 Å². The predicted molar refractivity (Wildman–Crippen MR) is 36.6 cm³/mol. The number of carboxylic acids is 1. The Morgan fingerprint density at radius 3 is 2.64 bits per heavy atom. The average molecular weight is 225 g/mol. The maximum atomic E-state index is 10.3. The number of hydrogen-bond donors (Lipinski definition) is 2. The van der Waals surface area contributed by atoms with Gasteiger partial charge in [-0.25, -0.2) is 0 Å². The Labute approximate surface area is 89.5 Å². The fraction of sp³-hybridized carbons (Fsp3) is 0. The first-order valence-corrected chi connectivity index (χ1v) is 2.70. The molecule has 0 atom stereocenters. The fourth-order valence-corrected chi connectivity index (χ4v) is 0.628. The number of hydrogen-bond acceptors (Lipinski definition) is 2. The average Bonchev–Trinajstić information content (AvgIpc) is 1.88. The molecule has 1 aromatic rings. The molecule has 0 aliphatic carbocycles. The number of benzene rings is 1. The largest absolute Gasteiger partial charge is 0.487 e. The molecule has 1 radical (unpaired) electrons. The maximum absolute atomic E-state index is 10.3. The van der Waals surface area contributed by atoms with E-state index >= 15 is 0 Å². The Kier molecular flexibility index (Phi) is 4.30. The SMILES string of the molecule is Nc1cc[c-]cc1C(=O)O.[Y]. The van der Waals surface area contributed by atoms with E-state index in [1.165, 1.54) is 12.1 Å². The minimum absolute atomic E-state index is 0. The quantitative estimate of drug-likeness (QED) is 0.547. The van der Waals surface area contributed by atoms with E-state index in [-0.39, 0.29) is 44.0 Å². The Morgan fingerprint density at radius 2 is 2.27 bits per heavy atom. The number of carbonyl (C=O) groups is 1. The minimum Gasteiger partial charge on any atom is -0.487 e. The van der Waals surface area contributed by atoms with Gasteiger partial charge in [-0.3, -0.25) is 4.79 Å². The van der Waals surface area contributed by atoms with Gasteiger partial charge in [0.2, 0.25) is 0 Å². The van der Waals surface area contributed by atoms with Crippen LogP contribution in [0.3, 0.4) is 0 Å². The molecule has 0 spiro atoms. The first-order valence-electron chi connectivity index (χ1n) is 2.70. The smallest absolute Gasteiger partial charge is 0.280 e. The summed E-state index contributed by atoms with van der Waals surface area (Å²) >= 11 is 0. The molecule has 55 valence electrons. The van der Waals surface area contributed by atoms with Crippen molar-refractivity contribution < 1.29 is 42.6 Å². The van der Waals surface area contributed by atoms with Crippen LogP contribution in [0.2, 0.25) is 0 Å². The van der Waals surface area contributed by atoms with E-state index in [0.29, 0.717) is 0 Å². The molecule has 0 fully saturated rings. The van der Waals surface area contributed by atoms with E-state index in [4.69, 9.17) is 10.8 Å². The molecular formula is C7H6NO2Y-. The molecular weight excluding hydrogens is 219 g/mol. The first-order chi connectivity index (χ1) is 4.72. The van der Waals surface area contributed by atoms with Crippen molar-refractivity contribution in [2.24, 2.45) is 0 Å². The Bertz CT molecular complexity index is 262. The van der Waals surface area contributed by atoms with Crippen LogP contribution >= 0.6 is 0 Å². The van der Waals surface area contributed by atoms with Crippen LogP contribution < -0.4 is 5.73 Å². The molecule has 4 heteroatoms. The summed E-state index contributed by atoms with van der Waals surface area (Å²) in [5.74, 6) is -1.02. The van der Waals surface area contributed by atoms with Crippen molar-refractivity contribution in [1.29, 1.82) is 0 Å². The molecule has 0 saturated carbocycles. The normalized spacial score (nSPS) is 8.36. The molecule has 0 bridgehead atoms. The van der Waals surface area contributed by atoms with E-state index < -0.39 is 5.97 Å². The van der Waals surface area contributed by atoms with Gasteiger partial charge in [-0.2, -0.15) is 18.2 Å². The summed E-state index contributed by atoms with van der Waals surface area (Å²) in [6.07, 6.45) is 0. The summed E-state index contributed by atoms with van der Waals surface area (Å²) in [6.45, 7) is 0. The second-order valence-corrected chi connectivity index (χ2v) is 1.82. The molecule has 3 nitrogen and oxygen atoms in total. The second-order valence-electron chi connectivity index (χ2n) is 1.82. The van der Waals surface area contributed by atoms with Gasteiger partial charge in [0.1, 0.15) is 0 Å². The maximum Gasteiger partial charge on any atom is 0.280 e. The van der Waals surface area contributed by atoms with Gasteiger partial charge >= 0.3 is 0 Å². The third-order valence-electron chi connectivity index (χ3n) is 1.13. The number of nitrogens with two attached hydrogens (primary N) is 1. The molecule has 3 N–H and O–H groups in total. The van der Waals surface area contributed by atoms with Gasteiger partial charge in [-0.05, 0) is 5.56 Å². The molecule has 0 unspecified atom stereocenters. The number of rotatable bonds is 1. The topological polar surface area (TPSA) is 63.3 Å². The van der Waals surface area contributed by atoms with Crippen LogP contribution in [0.5, 0.6) is 0 Å². The van der Waals surface area contributed by atoms with Crippen molar-refractivity contribution >= 4 is 11.7 Å². The zero-order chi connectivity index (χ0) is 7.56. The molecule has 0 amide bonds. The third kappa shape index (κ3) is 2.60. The van der Waals surface area contributed by atoms with Crippen LogP contribution in [0.15, 0.2) is 18.2 Å².